The molecule has 0 spiro atoms. The number of hydrogen-bond acceptors (Lipinski definition) is 3. The van der Waals surface area contributed by atoms with E-state index in [0.29, 0.717) is 25.6 Å². The average Bonchev–Trinajstić information content (AvgIpc) is 3.29. The van der Waals surface area contributed by atoms with Gasteiger partial charge in [0.05, 0.1) is 12.1 Å². The van der Waals surface area contributed by atoms with E-state index in [2.05, 4.69) is 29.5 Å². The molecule has 144 valence electrons. The topological polar surface area (TPSA) is 77.0 Å². The summed E-state index contributed by atoms with van der Waals surface area (Å²) in [6, 6.07) is 0.183. The van der Waals surface area contributed by atoms with E-state index in [9.17, 15) is 9.59 Å². The summed E-state index contributed by atoms with van der Waals surface area (Å²) in [6.07, 6.45) is 2.02. The molecule has 0 atom stereocenters. The third kappa shape index (κ3) is 5.72. The molecule has 1 aliphatic carbocycles. The Hall–Kier alpha value is -1.06. The minimum Gasteiger partial charge on any atom is -0.354 e. The molecule has 0 radical (unpaired) electrons. The van der Waals surface area contributed by atoms with Crippen LogP contribution in [0.2, 0.25) is 0 Å². The van der Waals surface area contributed by atoms with Crippen molar-refractivity contribution in [2.75, 3.05) is 33.2 Å². The van der Waals surface area contributed by atoms with Gasteiger partial charge in [0.25, 0.3) is 0 Å². The predicted molar refractivity (Wildman–Crippen MR) is 110 cm³/mol. The first-order valence-corrected chi connectivity index (χ1v) is 8.81. The Labute approximate surface area is 168 Å². The Balaban J connectivity index is 0.00000312. The molecule has 1 saturated carbocycles. The number of rotatable bonds is 5. The van der Waals surface area contributed by atoms with Crippen LogP contribution in [0.3, 0.4) is 0 Å². The largest absolute Gasteiger partial charge is 0.354 e. The molecule has 2 fully saturated rings. The van der Waals surface area contributed by atoms with Crippen molar-refractivity contribution in [3.8, 4) is 0 Å². The maximum Gasteiger partial charge on any atom is 0.242 e. The van der Waals surface area contributed by atoms with Crippen LogP contribution in [0.5, 0.6) is 0 Å². The van der Waals surface area contributed by atoms with Crippen molar-refractivity contribution in [1.82, 2.24) is 20.4 Å². The first kappa shape index (κ1) is 22.0. The highest BCUT2D eigenvalue weighted by molar-refractivity contribution is 14.0. The molecule has 0 aromatic heterocycles. The van der Waals surface area contributed by atoms with Crippen LogP contribution in [-0.2, 0) is 9.59 Å². The van der Waals surface area contributed by atoms with E-state index >= 15 is 0 Å². The van der Waals surface area contributed by atoms with Crippen LogP contribution in [0, 0.1) is 5.92 Å². The van der Waals surface area contributed by atoms with Crippen molar-refractivity contribution in [2.45, 2.75) is 52.1 Å². The molecular formula is C17H32IN5O2. The summed E-state index contributed by atoms with van der Waals surface area (Å²) in [5.74, 6) is 1.20. The molecule has 1 heterocycles. The number of piperazine rings is 1. The molecule has 0 aromatic carbocycles. The van der Waals surface area contributed by atoms with Gasteiger partial charge in [-0.1, -0.05) is 0 Å². The third-order valence-electron chi connectivity index (χ3n) is 4.51. The summed E-state index contributed by atoms with van der Waals surface area (Å²) in [5, 5.41) is 6.17. The average molecular weight is 465 g/mol. The number of guanidine groups is 1. The van der Waals surface area contributed by atoms with Crippen molar-refractivity contribution < 1.29 is 9.59 Å². The number of nitrogens with zero attached hydrogens (tertiary/aromatic N) is 3. The SMILES string of the molecule is CN=C(NCCNC(=O)C1CC1)N1CC(=O)N(C(C)C)C(C)(C)C1.I. The second-order valence-electron chi connectivity index (χ2n) is 7.57. The lowest BCUT2D eigenvalue weighted by Crippen LogP contribution is -2.66. The van der Waals surface area contributed by atoms with Gasteiger partial charge in [-0.15, -0.1) is 24.0 Å². The fourth-order valence-corrected chi connectivity index (χ4v) is 3.50. The number of aliphatic imine (C=N–C) groups is 1. The molecule has 0 unspecified atom stereocenters. The monoisotopic (exact) mass is 465 g/mol. The fourth-order valence-electron chi connectivity index (χ4n) is 3.50. The van der Waals surface area contributed by atoms with Gasteiger partial charge in [0.15, 0.2) is 5.96 Å². The minimum atomic E-state index is -0.249. The van der Waals surface area contributed by atoms with Gasteiger partial charge in [0, 0.05) is 38.6 Å². The molecule has 7 nitrogen and oxygen atoms in total. The Kier molecular flexibility index (Phi) is 7.95. The second kappa shape index (κ2) is 9.05. The molecule has 25 heavy (non-hydrogen) atoms. The van der Waals surface area contributed by atoms with E-state index in [1.807, 2.05) is 23.6 Å². The van der Waals surface area contributed by atoms with Gasteiger partial charge in [-0.2, -0.15) is 0 Å². The highest BCUT2D eigenvalue weighted by atomic mass is 127. The normalized spacial score (nSPS) is 20.4. The van der Waals surface area contributed by atoms with Crippen LogP contribution in [0.4, 0.5) is 0 Å². The predicted octanol–water partition coefficient (Wildman–Crippen LogP) is 1.04. The van der Waals surface area contributed by atoms with Crippen molar-refractivity contribution in [3.05, 3.63) is 0 Å². The third-order valence-corrected chi connectivity index (χ3v) is 4.51. The molecule has 0 aromatic rings. The zero-order chi connectivity index (χ0) is 17.9. The molecule has 2 aliphatic rings. The number of hydrogen-bond donors (Lipinski definition) is 2. The highest BCUT2D eigenvalue weighted by Gasteiger charge is 2.40. The summed E-state index contributed by atoms with van der Waals surface area (Å²) in [5.41, 5.74) is -0.249. The van der Waals surface area contributed by atoms with Crippen LogP contribution >= 0.6 is 24.0 Å². The number of halogens is 1. The van der Waals surface area contributed by atoms with E-state index in [0.717, 1.165) is 19.4 Å². The van der Waals surface area contributed by atoms with Crippen LogP contribution in [-0.4, -0.2) is 72.4 Å². The van der Waals surface area contributed by atoms with Crippen molar-refractivity contribution in [1.29, 1.82) is 0 Å². The quantitative estimate of drug-likeness (QED) is 0.275. The van der Waals surface area contributed by atoms with Gasteiger partial charge in [-0.3, -0.25) is 14.6 Å². The fraction of sp³-hybridized carbons (Fsp3) is 0.824. The van der Waals surface area contributed by atoms with Gasteiger partial charge in [-0.25, -0.2) is 0 Å². The first-order valence-electron chi connectivity index (χ1n) is 8.81. The standard InChI is InChI=1S/C17H31N5O2.HI/c1-12(2)22-14(23)10-21(11-17(22,3)4)16(18-5)20-9-8-19-15(24)13-6-7-13;/h12-13H,6-11H2,1-5H3,(H,18,20)(H,19,24);1H. The molecule has 1 saturated heterocycles. The summed E-state index contributed by atoms with van der Waals surface area (Å²) in [6.45, 7) is 10.5. The van der Waals surface area contributed by atoms with Crippen LogP contribution in [0.1, 0.15) is 40.5 Å². The number of carbonyl (C=O) groups excluding carboxylic acids is 2. The highest BCUT2D eigenvalue weighted by Crippen LogP contribution is 2.28. The molecule has 2 amide bonds. The van der Waals surface area contributed by atoms with Gasteiger partial charge in [0.2, 0.25) is 11.8 Å². The van der Waals surface area contributed by atoms with Crippen LogP contribution in [0.25, 0.3) is 0 Å². The summed E-state index contributed by atoms with van der Waals surface area (Å²) >= 11 is 0. The van der Waals surface area contributed by atoms with Gasteiger partial charge < -0.3 is 20.4 Å². The molecule has 0 bridgehead atoms. The lowest BCUT2D eigenvalue weighted by Gasteiger charge is -2.49. The first-order chi connectivity index (χ1) is 11.3. The smallest absolute Gasteiger partial charge is 0.242 e. The van der Waals surface area contributed by atoms with Crippen LogP contribution in [0.15, 0.2) is 4.99 Å². The lowest BCUT2D eigenvalue weighted by molar-refractivity contribution is -0.145. The Morgan fingerprint density at radius 1 is 1.28 bits per heavy atom. The molecular weight excluding hydrogens is 433 g/mol. The number of amides is 2. The van der Waals surface area contributed by atoms with E-state index < -0.39 is 0 Å². The van der Waals surface area contributed by atoms with E-state index in [1.165, 1.54) is 0 Å². The Bertz CT molecular complexity index is 517. The molecule has 8 heteroatoms. The zero-order valence-electron chi connectivity index (χ0n) is 16.0. The molecule has 1 aliphatic heterocycles. The van der Waals surface area contributed by atoms with Crippen molar-refractivity contribution in [3.63, 3.8) is 0 Å². The van der Waals surface area contributed by atoms with E-state index in [1.54, 1.807) is 7.05 Å². The second-order valence-corrected chi connectivity index (χ2v) is 7.57. The minimum absolute atomic E-state index is 0. The Morgan fingerprint density at radius 3 is 2.36 bits per heavy atom. The molecule has 2 N–H and O–H groups in total. The van der Waals surface area contributed by atoms with Gasteiger partial charge in [0.1, 0.15) is 0 Å². The van der Waals surface area contributed by atoms with Gasteiger partial charge >= 0.3 is 0 Å². The molecule has 2 rings (SSSR count). The lowest BCUT2D eigenvalue weighted by atomic mass is 9.96. The maximum absolute atomic E-state index is 12.5. The maximum atomic E-state index is 12.5. The van der Waals surface area contributed by atoms with Crippen LogP contribution < -0.4 is 10.6 Å². The number of nitrogens with one attached hydrogen (secondary N) is 2. The van der Waals surface area contributed by atoms with Crippen molar-refractivity contribution in [2.24, 2.45) is 10.9 Å². The van der Waals surface area contributed by atoms with E-state index in [4.69, 9.17) is 0 Å². The summed E-state index contributed by atoms with van der Waals surface area (Å²) in [4.78, 5) is 32.4. The zero-order valence-corrected chi connectivity index (χ0v) is 18.3. The van der Waals surface area contributed by atoms with E-state index in [-0.39, 0.29) is 53.3 Å². The Morgan fingerprint density at radius 2 is 1.88 bits per heavy atom. The summed E-state index contributed by atoms with van der Waals surface area (Å²) < 4.78 is 0. The number of carbonyl (C=O) groups is 2. The summed E-state index contributed by atoms with van der Waals surface area (Å²) in [7, 11) is 1.72. The van der Waals surface area contributed by atoms with Crippen molar-refractivity contribution >= 4 is 41.8 Å². The van der Waals surface area contributed by atoms with Gasteiger partial charge in [-0.05, 0) is 40.5 Å².